The molecule has 3 N–H and O–H groups in total. The highest BCUT2D eigenvalue weighted by Gasteiger charge is 2.27. The third-order valence-corrected chi connectivity index (χ3v) is 5.30. The molecule has 1 aliphatic carbocycles. The van der Waals surface area contributed by atoms with Gasteiger partial charge in [-0.3, -0.25) is 0 Å². The molecule has 4 heteroatoms. The molecule has 0 radical (unpaired) electrons. The zero-order valence-electron chi connectivity index (χ0n) is 12.4. The molecule has 2 atom stereocenters. The predicted octanol–water partition coefficient (Wildman–Crippen LogP) is 4.76. The van der Waals surface area contributed by atoms with Gasteiger partial charge in [-0.1, -0.05) is 67.8 Å². The van der Waals surface area contributed by atoms with E-state index in [-0.39, 0.29) is 5.92 Å². The van der Waals surface area contributed by atoms with Crippen LogP contribution in [0.25, 0.3) is 0 Å². The summed E-state index contributed by atoms with van der Waals surface area (Å²) in [6, 6.07) is 5.44. The molecule has 2 rings (SSSR count). The fraction of sp³-hybridized carbons (Fsp3) is 0.647. The van der Waals surface area contributed by atoms with Gasteiger partial charge in [-0.2, -0.15) is 0 Å². The lowest BCUT2D eigenvalue weighted by Gasteiger charge is -2.27. The minimum atomic E-state index is -0.476. The number of benzene rings is 1. The summed E-state index contributed by atoms with van der Waals surface area (Å²) in [7, 11) is 0. The van der Waals surface area contributed by atoms with E-state index in [1.807, 2.05) is 18.2 Å². The van der Waals surface area contributed by atoms with Gasteiger partial charge in [0, 0.05) is 22.5 Å². The van der Waals surface area contributed by atoms with Crippen LogP contribution in [0.2, 0.25) is 10.0 Å². The van der Waals surface area contributed by atoms with Crippen molar-refractivity contribution in [3.05, 3.63) is 33.8 Å². The minimum absolute atomic E-state index is 0.186. The van der Waals surface area contributed by atoms with Crippen LogP contribution in [-0.2, 0) is 0 Å². The van der Waals surface area contributed by atoms with Crippen molar-refractivity contribution in [2.75, 3.05) is 6.54 Å². The van der Waals surface area contributed by atoms with Crippen LogP contribution in [0.5, 0.6) is 0 Å². The molecular formula is C17H25Cl2NO. The maximum Gasteiger partial charge on any atom is 0.0624 e. The van der Waals surface area contributed by atoms with Gasteiger partial charge in [0.15, 0.2) is 0 Å². The van der Waals surface area contributed by atoms with Gasteiger partial charge in [0.05, 0.1) is 6.10 Å². The van der Waals surface area contributed by atoms with E-state index < -0.39 is 6.10 Å². The summed E-state index contributed by atoms with van der Waals surface area (Å²) in [4.78, 5) is 0. The van der Waals surface area contributed by atoms with Crippen LogP contribution in [0.4, 0.5) is 0 Å². The van der Waals surface area contributed by atoms with Gasteiger partial charge in [-0.25, -0.2) is 0 Å². The maximum absolute atomic E-state index is 10.7. The van der Waals surface area contributed by atoms with E-state index in [9.17, 15) is 5.11 Å². The van der Waals surface area contributed by atoms with Crippen molar-refractivity contribution < 1.29 is 5.11 Å². The molecule has 1 saturated carbocycles. The van der Waals surface area contributed by atoms with Crippen LogP contribution < -0.4 is 5.73 Å². The molecule has 0 amide bonds. The second-order valence-electron chi connectivity index (χ2n) is 6.14. The molecule has 1 aromatic rings. The lowest BCUT2D eigenvalue weighted by molar-refractivity contribution is 0.112. The molecule has 1 aromatic carbocycles. The van der Waals surface area contributed by atoms with Gasteiger partial charge in [-0.05, 0) is 30.0 Å². The largest absolute Gasteiger partial charge is 0.392 e. The zero-order valence-corrected chi connectivity index (χ0v) is 13.9. The van der Waals surface area contributed by atoms with E-state index in [0.717, 1.165) is 12.0 Å². The normalized spacial score (nSPS) is 20.0. The Balaban J connectivity index is 2.09. The zero-order chi connectivity index (χ0) is 15.2. The fourth-order valence-electron chi connectivity index (χ4n) is 3.44. The van der Waals surface area contributed by atoms with Gasteiger partial charge in [-0.15, -0.1) is 0 Å². The maximum atomic E-state index is 10.7. The monoisotopic (exact) mass is 329 g/mol. The fourth-order valence-corrected chi connectivity index (χ4v) is 4.12. The van der Waals surface area contributed by atoms with Gasteiger partial charge in [0.2, 0.25) is 0 Å². The second-order valence-corrected chi connectivity index (χ2v) is 6.95. The molecule has 0 bridgehead atoms. The van der Waals surface area contributed by atoms with Gasteiger partial charge >= 0.3 is 0 Å². The summed E-state index contributed by atoms with van der Waals surface area (Å²) >= 11 is 12.5. The Morgan fingerprint density at radius 2 is 1.67 bits per heavy atom. The van der Waals surface area contributed by atoms with E-state index in [2.05, 4.69) is 0 Å². The average molecular weight is 330 g/mol. The van der Waals surface area contributed by atoms with Gasteiger partial charge in [0.1, 0.15) is 0 Å². The summed E-state index contributed by atoms with van der Waals surface area (Å²) in [5.41, 5.74) is 6.70. The first-order valence-corrected chi connectivity index (χ1v) is 8.71. The number of nitrogens with two attached hydrogens (primary N) is 1. The van der Waals surface area contributed by atoms with Crippen LogP contribution in [0.3, 0.4) is 0 Å². The quantitative estimate of drug-likeness (QED) is 0.765. The molecule has 0 aliphatic heterocycles. The Morgan fingerprint density at radius 1 is 1.10 bits per heavy atom. The van der Waals surface area contributed by atoms with Crippen molar-refractivity contribution in [1.29, 1.82) is 0 Å². The number of halogens is 2. The SMILES string of the molecule is NCC(c1c(Cl)cccc1Cl)C(O)CC1CCCCCC1. The number of rotatable bonds is 5. The first-order valence-electron chi connectivity index (χ1n) is 7.95. The van der Waals surface area contributed by atoms with E-state index in [1.165, 1.54) is 38.5 Å². The minimum Gasteiger partial charge on any atom is -0.392 e. The third kappa shape index (κ3) is 4.59. The molecule has 0 spiro atoms. The van der Waals surface area contributed by atoms with Gasteiger partial charge in [0.25, 0.3) is 0 Å². The predicted molar refractivity (Wildman–Crippen MR) is 90.1 cm³/mol. The Bertz CT molecular complexity index is 424. The lowest BCUT2D eigenvalue weighted by Crippen LogP contribution is -2.28. The summed E-state index contributed by atoms with van der Waals surface area (Å²) < 4.78 is 0. The molecule has 0 heterocycles. The van der Waals surface area contributed by atoms with Crippen molar-refractivity contribution in [1.82, 2.24) is 0 Å². The molecule has 1 aliphatic rings. The highest BCUT2D eigenvalue weighted by atomic mass is 35.5. The third-order valence-electron chi connectivity index (χ3n) is 4.64. The summed E-state index contributed by atoms with van der Waals surface area (Å²) in [5.74, 6) is 0.410. The lowest BCUT2D eigenvalue weighted by atomic mass is 9.85. The van der Waals surface area contributed by atoms with E-state index in [1.54, 1.807) is 0 Å². The van der Waals surface area contributed by atoms with E-state index in [4.69, 9.17) is 28.9 Å². The molecule has 2 unspecified atom stereocenters. The van der Waals surface area contributed by atoms with Crippen LogP contribution in [0.1, 0.15) is 56.4 Å². The van der Waals surface area contributed by atoms with Crippen molar-refractivity contribution >= 4 is 23.2 Å². The first kappa shape index (κ1) is 17.1. The Labute approximate surface area is 137 Å². The molecule has 0 saturated heterocycles. The highest BCUT2D eigenvalue weighted by molar-refractivity contribution is 6.36. The van der Waals surface area contributed by atoms with Crippen LogP contribution >= 0.6 is 23.2 Å². The van der Waals surface area contributed by atoms with Crippen LogP contribution in [0, 0.1) is 5.92 Å². The Kier molecular flexibility index (Phi) is 6.81. The number of aliphatic hydroxyl groups excluding tert-OH is 1. The number of hydrogen-bond donors (Lipinski definition) is 2. The molecular weight excluding hydrogens is 305 g/mol. The smallest absolute Gasteiger partial charge is 0.0624 e. The van der Waals surface area contributed by atoms with Crippen molar-refractivity contribution in [2.45, 2.75) is 57.0 Å². The first-order chi connectivity index (χ1) is 10.1. The Morgan fingerprint density at radius 3 is 2.19 bits per heavy atom. The Hall–Kier alpha value is -0.280. The number of hydrogen-bond acceptors (Lipinski definition) is 2. The van der Waals surface area contributed by atoms with E-state index in [0.29, 0.717) is 22.5 Å². The van der Waals surface area contributed by atoms with E-state index >= 15 is 0 Å². The average Bonchev–Trinajstić information content (AvgIpc) is 2.71. The summed E-state index contributed by atoms with van der Waals surface area (Å²) in [5, 5.41) is 11.8. The van der Waals surface area contributed by atoms with Gasteiger partial charge < -0.3 is 10.8 Å². The van der Waals surface area contributed by atoms with Crippen LogP contribution in [0.15, 0.2) is 18.2 Å². The van der Waals surface area contributed by atoms with Crippen molar-refractivity contribution in [2.24, 2.45) is 11.7 Å². The highest BCUT2D eigenvalue weighted by Crippen LogP contribution is 2.36. The molecule has 21 heavy (non-hydrogen) atoms. The van der Waals surface area contributed by atoms with Crippen molar-refractivity contribution in [3.8, 4) is 0 Å². The van der Waals surface area contributed by atoms with Crippen LogP contribution in [-0.4, -0.2) is 17.8 Å². The van der Waals surface area contributed by atoms with Crippen molar-refractivity contribution in [3.63, 3.8) is 0 Å². The molecule has 118 valence electrons. The second kappa shape index (κ2) is 8.38. The molecule has 1 fully saturated rings. The molecule has 2 nitrogen and oxygen atoms in total. The summed E-state index contributed by atoms with van der Waals surface area (Å²) in [6.45, 7) is 0.358. The number of aliphatic hydroxyl groups is 1. The molecule has 0 aromatic heterocycles. The topological polar surface area (TPSA) is 46.2 Å². The standard InChI is InChI=1S/C17H25Cl2NO/c18-14-8-5-9-15(19)17(14)13(11-20)16(21)10-12-6-3-1-2-4-7-12/h5,8-9,12-13,16,21H,1-4,6-7,10-11,20H2. The summed E-state index contributed by atoms with van der Waals surface area (Å²) in [6.07, 6.45) is 7.94.